The molecule has 100 valence electrons. The maximum atomic E-state index is 13.0. The molecule has 0 aliphatic heterocycles. The average molecular weight is 335 g/mol. The van der Waals surface area contributed by atoms with Gasteiger partial charge in [-0.05, 0) is 40.2 Å². The van der Waals surface area contributed by atoms with Crippen LogP contribution in [0.5, 0.6) is 0 Å². The second kappa shape index (κ2) is 5.67. The number of benzene rings is 1. The number of pyridine rings is 1. The second-order valence-corrected chi connectivity index (χ2v) is 4.76. The molecular weight excluding hydrogens is 327 g/mol. The van der Waals surface area contributed by atoms with Gasteiger partial charge in [0.25, 0.3) is 5.91 Å². The summed E-state index contributed by atoms with van der Waals surface area (Å²) in [6.45, 7) is 0. The normalized spacial score (nSPS) is 9.85. The second-order valence-electron chi connectivity index (χ2n) is 3.84. The summed E-state index contributed by atoms with van der Waals surface area (Å²) >= 11 is 3.19. The van der Waals surface area contributed by atoms with E-state index in [-0.39, 0.29) is 22.6 Å². The lowest BCUT2D eigenvalue weighted by Gasteiger charge is -2.08. The Labute approximate surface area is 122 Å². The van der Waals surface area contributed by atoms with Crippen LogP contribution in [0.4, 0.5) is 15.9 Å². The van der Waals surface area contributed by atoms with Gasteiger partial charge in [0, 0.05) is 10.7 Å². The lowest BCUT2D eigenvalue weighted by Crippen LogP contribution is -2.15. The topological polar surface area (TPSA) is 91.8 Å². The summed E-state index contributed by atoms with van der Waals surface area (Å²) in [5.41, 5.74) is 6.02. The van der Waals surface area contributed by atoms with E-state index < -0.39 is 11.7 Å². The predicted octanol–water partition coefficient (Wildman–Crippen LogP) is 2.69. The van der Waals surface area contributed by atoms with Crippen LogP contribution in [0.1, 0.15) is 15.9 Å². The number of hydrogen-bond acceptors (Lipinski definition) is 4. The van der Waals surface area contributed by atoms with Gasteiger partial charge in [0.15, 0.2) is 0 Å². The molecule has 2 rings (SSSR count). The number of anilines is 2. The fraction of sp³-hybridized carbons (Fsp3) is 0. The molecule has 3 N–H and O–H groups in total. The minimum Gasteiger partial charge on any atom is -0.383 e. The van der Waals surface area contributed by atoms with E-state index in [0.717, 1.165) is 12.1 Å². The van der Waals surface area contributed by atoms with E-state index in [9.17, 15) is 9.18 Å². The fourth-order valence-electron chi connectivity index (χ4n) is 1.54. The third kappa shape index (κ3) is 2.92. The molecule has 1 amide bonds. The largest absolute Gasteiger partial charge is 0.383 e. The first kappa shape index (κ1) is 14.0. The number of amides is 1. The van der Waals surface area contributed by atoms with Crippen LogP contribution in [0.2, 0.25) is 0 Å². The van der Waals surface area contributed by atoms with E-state index in [1.54, 1.807) is 0 Å². The number of nitriles is 1. The Kier molecular flexibility index (Phi) is 3.96. The summed E-state index contributed by atoms with van der Waals surface area (Å²) in [6, 6.07) is 6.82. The number of hydrogen-bond donors (Lipinski definition) is 2. The molecule has 0 aliphatic rings. The molecule has 1 heterocycles. The summed E-state index contributed by atoms with van der Waals surface area (Å²) in [4.78, 5) is 15.9. The Balaban J connectivity index is 2.33. The summed E-state index contributed by atoms with van der Waals surface area (Å²) in [5.74, 6) is -1.02. The van der Waals surface area contributed by atoms with Gasteiger partial charge in [-0.15, -0.1) is 0 Å². The van der Waals surface area contributed by atoms with Crippen molar-refractivity contribution < 1.29 is 9.18 Å². The van der Waals surface area contributed by atoms with Gasteiger partial charge in [0.05, 0.1) is 16.8 Å². The van der Waals surface area contributed by atoms with Gasteiger partial charge in [-0.3, -0.25) is 4.79 Å². The number of carbonyl (C=O) groups is 1. The Morgan fingerprint density at radius 2 is 2.20 bits per heavy atom. The smallest absolute Gasteiger partial charge is 0.259 e. The maximum Gasteiger partial charge on any atom is 0.259 e. The Bertz CT molecular complexity index is 727. The predicted molar refractivity (Wildman–Crippen MR) is 75.4 cm³/mol. The lowest BCUT2D eigenvalue weighted by atomic mass is 10.1. The van der Waals surface area contributed by atoms with Gasteiger partial charge in [0.1, 0.15) is 17.7 Å². The molecule has 5 nitrogen and oxygen atoms in total. The van der Waals surface area contributed by atoms with Gasteiger partial charge in [0.2, 0.25) is 0 Å². The minimum absolute atomic E-state index is 0.0277. The minimum atomic E-state index is -0.553. The van der Waals surface area contributed by atoms with Crippen molar-refractivity contribution in [2.75, 3.05) is 11.1 Å². The highest BCUT2D eigenvalue weighted by atomic mass is 79.9. The number of nitrogen functional groups attached to an aromatic ring is 1. The highest BCUT2D eigenvalue weighted by Crippen LogP contribution is 2.20. The van der Waals surface area contributed by atoms with Crippen LogP contribution in [0.25, 0.3) is 0 Å². The van der Waals surface area contributed by atoms with Crippen molar-refractivity contribution in [2.24, 2.45) is 0 Å². The third-order valence-corrected chi connectivity index (χ3v) is 2.91. The molecule has 1 aromatic heterocycles. The Morgan fingerprint density at radius 3 is 2.90 bits per heavy atom. The molecule has 20 heavy (non-hydrogen) atoms. The fourth-order valence-corrected chi connectivity index (χ4v) is 1.87. The Morgan fingerprint density at radius 1 is 1.45 bits per heavy atom. The lowest BCUT2D eigenvalue weighted by molar-refractivity contribution is 0.102. The van der Waals surface area contributed by atoms with E-state index in [1.165, 1.54) is 18.3 Å². The van der Waals surface area contributed by atoms with Crippen molar-refractivity contribution >= 4 is 33.3 Å². The number of nitrogens with one attached hydrogen (secondary N) is 1. The molecule has 0 bridgehead atoms. The summed E-state index contributed by atoms with van der Waals surface area (Å²) < 4.78 is 13.6. The number of aromatic nitrogens is 1. The SMILES string of the molecule is N#Cc1cc(F)ccc1NC(=O)c1cc(Br)cnc1N. The van der Waals surface area contributed by atoms with E-state index in [2.05, 4.69) is 26.2 Å². The zero-order valence-electron chi connectivity index (χ0n) is 10.0. The van der Waals surface area contributed by atoms with Gasteiger partial charge in [-0.2, -0.15) is 5.26 Å². The van der Waals surface area contributed by atoms with Crippen molar-refractivity contribution in [2.45, 2.75) is 0 Å². The van der Waals surface area contributed by atoms with Crippen LogP contribution in [0.3, 0.4) is 0 Å². The molecule has 0 atom stereocenters. The van der Waals surface area contributed by atoms with Crippen molar-refractivity contribution in [3.63, 3.8) is 0 Å². The zero-order chi connectivity index (χ0) is 14.7. The molecule has 0 spiro atoms. The average Bonchev–Trinajstić information content (AvgIpc) is 2.43. The summed E-state index contributed by atoms with van der Waals surface area (Å²) in [7, 11) is 0. The van der Waals surface area contributed by atoms with Crippen molar-refractivity contribution in [1.29, 1.82) is 5.26 Å². The van der Waals surface area contributed by atoms with E-state index >= 15 is 0 Å². The third-order valence-electron chi connectivity index (χ3n) is 2.48. The number of rotatable bonds is 2. The number of carbonyl (C=O) groups excluding carboxylic acids is 1. The van der Waals surface area contributed by atoms with Crippen LogP contribution in [-0.4, -0.2) is 10.9 Å². The highest BCUT2D eigenvalue weighted by Gasteiger charge is 2.14. The van der Waals surface area contributed by atoms with Gasteiger partial charge < -0.3 is 11.1 Å². The van der Waals surface area contributed by atoms with Crippen LogP contribution in [0.15, 0.2) is 34.9 Å². The van der Waals surface area contributed by atoms with Crippen LogP contribution < -0.4 is 11.1 Å². The molecule has 0 fully saturated rings. The van der Waals surface area contributed by atoms with Crippen molar-refractivity contribution in [3.05, 3.63) is 51.9 Å². The molecule has 0 unspecified atom stereocenters. The molecular formula is C13H8BrFN4O. The van der Waals surface area contributed by atoms with Crippen molar-refractivity contribution in [1.82, 2.24) is 4.98 Å². The number of halogens is 2. The molecule has 2 aromatic rings. The first-order chi connectivity index (χ1) is 9.51. The van der Waals surface area contributed by atoms with Gasteiger partial charge in [-0.1, -0.05) is 0 Å². The maximum absolute atomic E-state index is 13.0. The summed E-state index contributed by atoms with van der Waals surface area (Å²) in [6.07, 6.45) is 1.46. The Hall–Kier alpha value is -2.46. The highest BCUT2D eigenvalue weighted by molar-refractivity contribution is 9.10. The monoisotopic (exact) mass is 334 g/mol. The number of nitrogens with two attached hydrogens (primary N) is 1. The molecule has 0 radical (unpaired) electrons. The number of nitrogens with zero attached hydrogens (tertiary/aromatic N) is 2. The summed E-state index contributed by atoms with van der Waals surface area (Å²) in [5, 5.41) is 11.4. The molecule has 0 aliphatic carbocycles. The first-order valence-electron chi connectivity index (χ1n) is 5.43. The molecule has 0 saturated heterocycles. The van der Waals surface area contributed by atoms with Crippen LogP contribution >= 0.6 is 15.9 Å². The van der Waals surface area contributed by atoms with Crippen LogP contribution in [-0.2, 0) is 0 Å². The molecule has 0 saturated carbocycles. The van der Waals surface area contributed by atoms with E-state index in [0.29, 0.717) is 4.47 Å². The van der Waals surface area contributed by atoms with Gasteiger partial charge >= 0.3 is 0 Å². The van der Waals surface area contributed by atoms with Gasteiger partial charge in [-0.25, -0.2) is 9.37 Å². The standard InChI is InChI=1S/C13H8BrFN4O/c14-8-4-10(12(17)18-6-8)13(20)19-11-2-1-9(15)3-7(11)5-16/h1-4,6H,(H2,17,18)(H,19,20). The van der Waals surface area contributed by atoms with Crippen LogP contribution in [0, 0.1) is 17.1 Å². The van der Waals surface area contributed by atoms with Crippen molar-refractivity contribution in [3.8, 4) is 6.07 Å². The first-order valence-corrected chi connectivity index (χ1v) is 6.22. The molecule has 7 heteroatoms. The van der Waals surface area contributed by atoms with E-state index in [4.69, 9.17) is 11.0 Å². The quantitative estimate of drug-likeness (QED) is 0.883. The molecule has 1 aromatic carbocycles. The zero-order valence-corrected chi connectivity index (χ0v) is 11.6. The van der Waals surface area contributed by atoms with E-state index in [1.807, 2.05) is 6.07 Å².